The van der Waals surface area contributed by atoms with Gasteiger partial charge < -0.3 is 20.5 Å². The van der Waals surface area contributed by atoms with E-state index in [-0.39, 0.29) is 30.3 Å². The zero-order chi connectivity index (χ0) is 19.4. The van der Waals surface area contributed by atoms with Crippen LogP contribution in [-0.2, 0) is 4.79 Å². The Morgan fingerprint density at radius 1 is 1.14 bits per heavy atom. The molecule has 3 unspecified atom stereocenters. The highest BCUT2D eigenvalue weighted by Gasteiger charge is 2.40. The largest absolute Gasteiger partial charge is 0.490 e. The minimum Gasteiger partial charge on any atom is -0.490 e. The van der Waals surface area contributed by atoms with Crippen molar-refractivity contribution in [3.8, 4) is 11.5 Å². The number of carbonyl (C=O) groups is 1. The monoisotopic (exact) mass is 410 g/mol. The molecule has 2 fully saturated rings. The number of halogens is 1. The molecule has 2 aliphatic rings. The summed E-state index contributed by atoms with van der Waals surface area (Å²) < 4.78 is 11.3. The highest BCUT2D eigenvalue weighted by molar-refractivity contribution is 5.85. The first-order valence-corrected chi connectivity index (χ1v) is 10.5. The van der Waals surface area contributed by atoms with Crippen LogP contribution in [0.1, 0.15) is 64.5 Å². The Bertz CT molecular complexity index is 641. The predicted octanol–water partition coefficient (Wildman–Crippen LogP) is 4.24. The number of benzene rings is 1. The number of hydrogen-bond donors (Lipinski definition) is 2. The molecule has 1 aromatic carbocycles. The van der Waals surface area contributed by atoms with Crippen molar-refractivity contribution in [1.29, 1.82) is 0 Å². The molecular weight excluding hydrogens is 376 g/mol. The van der Waals surface area contributed by atoms with Crippen LogP contribution >= 0.6 is 12.4 Å². The summed E-state index contributed by atoms with van der Waals surface area (Å²) in [5.74, 6) is 2.76. The second-order valence-electron chi connectivity index (χ2n) is 8.00. The first kappa shape index (κ1) is 22.8. The second kappa shape index (κ2) is 10.4. The topological polar surface area (TPSA) is 73.6 Å². The van der Waals surface area contributed by atoms with Gasteiger partial charge in [0.05, 0.1) is 19.3 Å². The zero-order valence-electron chi connectivity index (χ0n) is 17.3. The minimum absolute atomic E-state index is 0. The Morgan fingerprint density at radius 2 is 1.75 bits per heavy atom. The first-order valence-electron chi connectivity index (χ1n) is 10.5. The van der Waals surface area contributed by atoms with Crippen molar-refractivity contribution in [3.05, 3.63) is 23.8 Å². The minimum atomic E-state index is -0.0668. The molecule has 0 aromatic heterocycles. The van der Waals surface area contributed by atoms with E-state index < -0.39 is 0 Å². The summed E-state index contributed by atoms with van der Waals surface area (Å²) in [6.07, 6.45) is 5.48. The van der Waals surface area contributed by atoms with Gasteiger partial charge in [-0.1, -0.05) is 12.5 Å². The molecule has 2 saturated carbocycles. The Labute approximate surface area is 175 Å². The standard InChI is InChI=1S/C22H34N2O3.ClH/c1-4-26-19-10-9-15(13-20(19)27-5-2)14(3)24-22(25)18-11-16-7-6-8-17(12-18)21(16)23;/h9-10,13-14,16-18,21H,4-8,11-12,23H2,1-3H3,(H,24,25);1H. The molecule has 3 atom stereocenters. The number of fused-ring (bicyclic) bond motifs is 2. The van der Waals surface area contributed by atoms with E-state index in [9.17, 15) is 4.79 Å². The highest BCUT2D eigenvalue weighted by atomic mass is 35.5. The third-order valence-corrected chi connectivity index (χ3v) is 6.21. The molecule has 1 aromatic rings. The third kappa shape index (κ3) is 5.12. The van der Waals surface area contributed by atoms with Crippen LogP contribution in [0, 0.1) is 17.8 Å². The number of ether oxygens (including phenoxy) is 2. The van der Waals surface area contributed by atoms with Crippen molar-refractivity contribution in [2.24, 2.45) is 23.5 Å². The molecule has 0 aliphatic heterocycles. The van der Waals surface area contributed by atoms with E-state index in [0.29, 0.717) is 31.1 Å². The third-order valence-electron chi connectivity index (χ3n) is 6.21. The number of nitrogens with one attached hydrogen (secondary N) is 1. The molecule has 2 aliphatic carbocycles. The molecule has 0 spiro atoms. The van der Waals surface area contributed by atoms with Crippen LogP contribution in [0.5, 0.6) is 11.5 Å². The lowest BCUT2D eigenvalue weighted by atomic mass is 9.65. The van der Waals surface area contributed by atoms with E-state index in [1.165, 1.54) is 19.3 Å². The van der Waals surface area contributed by atoms with E-state index in [2.05, 4.69) is 5.32 Å². The fourth-order valence-corrected chi connectivity index (χ4v) is 4.75. The fourth-order valence-electron chi connectivity index (χ4n) is 4.75. The quantitative estimate of drug-likeness (QED) is 0.705. The molecular formula is C22H35ClN2O3. The Morgan fingerprint density at radius 3 is 2.36 bits per heavy atom. The number of amides is 1. The lowest BCUT2D eigenvalue weighted by molar-refractivity contribution is -0.128. The Balaban J connectivity index is 0.00000280. The van der Waals surface area contributed by atoms with E-state index in [0.717, 1.165) is 29.9 Å². The predicted molar refractivity (Wildman–Crippen MR) is 114 cm³/mol. The van der Waals surface area contributed by atoms with E-state index in [4.69, 9.17) is 15.2 Å². The van der Waals surface area contributed by atoms with Crippen LogP contribution in [0.15, 0.2) is 18.2 Å². The van der Waals surface area contributed by atoms with E-state index in [1.54, 1.807) is 0 Å². The van der Waals surface area contributed by atoms with E-state index in [1.807, 2.05) is 39.0 Å². The molecule has 0 heterocycles. The average Bonchev–Trinajstić information content (AvgIpc) is 2.63. The molecule has 3 rings (SSSR count). The molecule has 0 radical (unpaired) electrons. The van der Waals surface area contributed by atoms with Crippen LogP contribution in [0.3, 0.4) is 0 Å². The van der Waals surface area contributed by atoms with Gasteiger partial charge >= 0.3 is 0 Å². The van der Waals surface area contributed by atoms with Crippen LogP contribution in [0.4, 0.5) is 0 Å². The highest BCUT2D eigenvalue weighted by Crippen LogP contribution is 2.42. The van der Waals surface area contributed by atoms with Gasteiger partial charge in [-0.3, -0.25) is 4.79 Å². The van der Waals surface area contributed by atoms with Crippen molar-refractivity contribution in [3.63, 3.8) is 0 Å². The Hall–Kier alpha value is -1.46. The van der Waals surface area contributed by atoms with E-state index >= 15 is 0 Å². The molecule has 158 valence electrons. The first-order chi connectivity index (χ1) is 13.0. The van der Waals surface area contributed by atoms with Crippen molar-refractivity contribution >= 4 is 18.3 Å². The van der Waals surface area contributed by atoms with Crippen molar-refractivity contribution in [1.82, 2.24) is 5.32 Å². The van der Waals surface area contributed by atoms with Gasteiger partial charge in [0.1, 0.15) is 0 Å². The molecule has 0 saturated heterocycles. The van der Waals surface area contributed by atoms with Gasteiger partial charge in [0.2, 0.25) is 5.91 Å². The van der Waals surface area contributed by atoms with Crippen LogP contribution in [0.2, 0.25) is 0 Å². The summed E-state index contributed by atoms with van der Waals surface area (Å²) >= 11 is 0. The van der Waals surface area contributed by atoms with Crippen molar-refractivity contribution in [2.45, 2.75) is 65.0 Å². The summed E-state index contributed by atoms with van der Waals surface area (Å²) in [6.45, 7) is 7.11. The summed E-state index contributed by atoms with van der Waals surface area (Å²) in [7, 11) is 0. The van der Waals surface area contributed by atoms with Gasteiger partial charge in [0.15, 0.2) is 11.5 Å². The van der Waals surface area contributed by atoms with Crippen LogP contribution in [-0.4, -0.2) is 25.2 Å². The maximum absolute atomic E-state index is 12.9. The molecule has 28 heavy (non-hydrogen) atoms. The van der Waals surface area contributed by atoms with Crippen LogP contribution < -0.4 is 20.5 Å². The smallest absolute Gasteiger partial charge is 0.223 e. The SMILES string of the molecule is CCOc1ccc(C(C)NC(=O)C2CC3CCCC(C2)C3N)cc1OCC.Cl. The number of carbonyl (C=O) groups excluding carboxylic acids is 1. The molecule has 3 N–H and O–H groups in total. The van der Waals surface area contributed by atoms with Gasteiger partial charge in [-0.25, -0.2) is 0 Å². The van der Waals surface area contributed by atoms with Crippen molar-refractivity contribution < 1.29 is 14.3 Å². The molecule has 1 amide bonds. The molecule has 6 heteroatoms. The van der Waals surface area contributed by atoms with Gasteiger partial charge in [-0.15, -0.1) is 12.4 Å². The summed E-state index contributed by atoms with van der Waals surface area (Å²) in [6, 6.07) is 6.13. The normalized spacial score (nSPS) is 27.3. The van der Waals surface area contributed by atoms with Crippen LogP contribution in [0.25, 0.3) is 0 Å². The fraction of sp³-hybridized carbons (Fsp3) is 0.682. The molecule has 5 nitrogen and oxygen atoms in total. The molecule has 2 bridgehead atoms. The van der Waals surface area contributed by atoms with Gasteiger partial charge in [0.25, 0.3) is 0 Å². The average molecular weight is 411 g/mol. The van der Waals surface area contributed by atoms with Gasteiger partial charge in [-0.2, -0.15) is 0 Å². The number of nitrogens with two attached hydrogens (primary N) is 1. The number of rotatable bonds is 7. The summed E-state index contributed by atoms with van der Waals surface area (Å²) in [5.41, 5.74) is 7.40. The Kier molecular flexibility index (Phi) is 8.44. The van der Waals surface area contributed by atoms with Gasteiger partial charge in [-0.05, 0) is 76.0 Å². The van der Waals surface area contributed by atoms with Crippen molar-refractivity contribution in [2.75, 3.05) is 13.2 Å². The second-order valence-corrected chi connectivity index (χ2v) is 8.00. The summed E-state index contributed by atoms with van der Waals surface area (Å²) in [4.78, 5) is 12.9. The lowest BCUT2D eigenvalue weighted by Gasteiger charge is -2.43. The van der Waals surface area contributed by atoms with Gasteiger partial charge in [0, 0.05) is 12.0 Å². The maximum Gasteiger partial charge on any atom is 0.223 e. The zero-order valence-corrected chi connectivity index (χ0v) is 18.1. The lowest BCUT2D eigenvalue weighted by Crippen LogP contribution is -2.49. The maximum atomic E-state index is 12.9. The summed E-state index contributed by atoms with van der Waals surface area (Å²) in [5, 5.41) is 3.21. The number of hydrogen-bond acceptors (Lipinski definition) is 4.